The smallest absolute Gasteiger partial charge is 0.244 e. The SMILES string of the molecule is Nc1ccccc1/C=C/C(=O)NC1CN2CCC1CC2. The molecule has 0 spiro atoms. The Morgan fingerprint density at radius 1 is 1.30 bits per heavy atom. The van der Waals surface area contributed by atoms with Crippen LogP contribution in [0.5, 0.6) is 0 Å². The summed E-state index contributed by atoms with van der Waals surface area (Å²) in [6.45, 7) is 3.37. The van der Waals surface area contributed by atoms with Gasteiger partial charge in [-0.2, -0.15) is 0 Å². The molecule has 3 N–H and O–H groups in total. The predicted octanol–water partition coefficient (Wildman–Crippen LogP) is 1.49. The fourth-order valence-corrected chi connectivity index (χ4v) is 3.19. The summed E-state index contributed by atoms with van der Waals surface area (Å²) < 4.78 is 0. The zero-order chi connectivity index (χ0) is 13.9. The number of hydrogen-bond acceptors (Lipinski definition) is 3. The fraction of sp³-hybridized carbons (Fsp3) is 0.438. The normalized spacial score (nSPS) is 28.7. The summed E-state index contributed by atoms with van der Waals surface area (Å²) in [7, 11) is 0. The molecule has 4 heteroatoms. The largest absolute Gasteiger partial charge is 0.398 e. The van der Waals surface area contributed by atoms with E-state index in [9.17, 15) is 4.79 Å². The highest BCUT2D eigenvalue weighted by molar-refractivity contribution is 5.92. The quantitative estimate of drug-likeness (QED) is 0.647. The van der Waals surface area contributed by atoms with Crippen LogP contribution in [0.3, 0.4) is 0 Å². The maximum Gasteiger partial charge on any atom is 0.244 e. The van der Waals surface area contributed by atoms with Gasteiger partial charge in [0.15, 0.2) is 0 Å². The van der Waals surface area contributed by atoms with Gasteiger partial charge in [-0.1, -0.05) is 18.2 Å². The van der Waals surface area contributed by atoms with Gasteiger partial charge < -0.3 is 16.0 Å². The van der Waals surface area contributed by atoms with Crippen LogP contribution in [0.25, 0.3) is 6.08 Å². The second-order valence-corrected chi connectivity index (χ2v) is 5.72. The molecule has 1 atom stereocenters. The first kappa shape index (κ1) is 13.2. The number of benzene rings is 1. The highest BCUT2D eigenvalue weighted by atomic mass is 16.1. The summed E-state index contributed by atoms with van der Waals surface area (Å²) in [6, 6.07) is 7.86. The van der Waals surface area contributed by atoms with Crippen LogP contribution in [-0.2, 0) is 4.79 Å². The Hall–Kier alpha value is -1.81. The summed E-state index contributed by atoms with van der Waals surface area (Å²) in [4.78, 5) is 14.4. The van der Waals surface area contributed by atoms with Crippen molar-refractivity contribution in [2.75, 3.05) is 25.4 Å². The van der Waals surface area contributed by atoms with Crippen molar-refractivity contribution in [3.63, 3.8) is 0 Å². The third-order valence-electron chi connectivity index (χ3n) is 4.39. The van der Waals surface area contributed by atoms with Gasteiger partial charge >= 0.3 is 0 Å². The van der Waals surface area contributed by atoms with Gasteiger partial charge in [-0.25, -0.2) is 0 Å². The number of nitrogens with one attached hydrogen (secondary N) is 1. The predicted molar refractivity (Wildman–Crippen MR) is 81.0 cm³/mol. The maximum atomic E-state index is 12.0. The van der Waals surface area contributed by atoms with Crippen LogP contribution >= 0.6 is 0 Å². The molecule has 4 nitrogen and oxygen atoms in total. The van der Waals surface area contributed by atoms with E-state index in [1.54, 1.807) is 12.2 Å². The number of carbonyl (C=O) groups is 1. The number of carbonyl (C=O) groups excluding carboxylic acids is 1. The number of hydrogen-bond donors (Lipinski definition) is 2. The minimum Gasteiger partial charge on any atom is -0.398 e. The standard InChI is InChI=1S/C16H21N3O/c17-14-4-2-1-3-12(14)5-6-16(20)18-15-11-19-9-7-13(15)8-10-19/h1-6,13,15H,7-11,17H2,(H,18,20)/b6-5+. The minimum absolute atomic E-state index is 0.0213. The molecular weight excluding hydrogens is 250 g/mol. The summed E-state index contributed by atoms with van der Waals surface area (Å²) in [5.41, 5.74) is 7.43. The molecular formula is C16H21N3O. The Bertz CT molecular complexity index is 518. The molecule has 1 aromatic carbocycles. The molecule has 0 radical (unpaired) electrons. The van der Waals surface area contributed by atoms with E-state index >= 15 is 0 Å². The third-order valence-corrected chi connectivity index (χ3v) is 4.39. The van der Waals surface area contributed by atoms with E-state index in [-0.39, 0.29) is 5.91 Å². The molecule has 2 bridgehead atoms. The lowest BCUT2D eigenvalue weighted by Gasteiger charge is -2.44. The Balaban J connectivity index is 1.59. The van der Waals surface area contributed by atoms with Gasteiger partial charge in [0.05, 0.1) is 0 Å². The fourth-order valence-electron chi connectivity index (χ4n) is 3.19. The van der Waals surface area contributed by atoms with E-state index in [0.29, 0.717) is 17.6 Å². The number of para-hydroxylation sites is 1. The molecule has 3 heterocycles. The van der Waals surface area contributed by atoms with Crippen molar-refractivity contribution in [1.29, 1.82) is 0 Å². The first-order valence-corrected chi connectivity index (χ1v) is 7.28. The number of amides is 1. The molecule has 0 aromatic heterocycles. The molecule has 4 rings (SSSR count). The van der Waals surface area contributed by atoms with Crippen LogP contribution < -0.4 is 11.1 Å². The maximum absolute atomic E-state index is 12.0. The monoisotopic (exact) mass is 271 g/mol. The van der Waals surface area contributed by atoms with Crippen molar-refractivity contribution in [2.24, 2.45) is 5.92 Å². The molecule has 1 amide bonds. The molecule has 3 aliphatic rings. The highest BCUT2D eigenvalue weighted by Gasteiger charge is 2.34. The minimum atomic E-state index is -0.0213. The molecule has 0 saturated carbocycles. The molecule has 3 saturated heterocycles. The van der Waals surface area contributed by atoms with Crippen molar-refractivity contribution < 1.29 is 4.79 Å². The highest BCUT2D eigenvalue weighted by Crippen LogP contribution is 2.27. The van der Waals surface area contributed by atoms with Gasteiger partial charge in [0.1, 0.15) is 0 Å². The molecule has 0 aliphatic carbocycles. The van der Waals surface area contributed by atoms with Crippen LogP contribution in [0.2, 0.25) is 0 Å². The molecule has 106 valence electrons. The van der Waals surface area contributed by atoms with E-state index in [4.69, 9.17) is 5.73 Å². The Morgan fingerprint density at radius 2 is 2.05 bits per heavy atom. The molecule has 1 aromatic rings. The Labute approximate surface area is 119 Å². The lowest BCUT2D eigenvalue weighted by atomic mass is 9.84. The lowest BCUT2D eigenvalue weighted by Crippen LogP contribution is -2.57. The van der Waals surface area contributed by atoms with Gasteiger partial charge in [-0.3, -0.25) is 4.79 Å². The van der Waals surface area contributed by atoms with Gasteiger partial charge in [-0.15, -0.1) is 0 Å². The zero-order valence-electron chi connectivity index (χ0n) is 11.6. The summed E-state index contributed by atoms with van der Waals surface area (Å²) in [5, 5.41) is 3.13. The Kier molecular flexibility index (Phi) is 3.74. The van der Waals surface area contributed by atoms with Crippen molar-refractivity contribution in [1.82, 2.24) is 10.2 Å². The Morgan fingerprint density at radius 3 is 2.70 bits per heavy atom. The number of anilines is 1. The number of piperidine rings is 3. The first-order chi connectivity index (χ1) is 9.72. The summed E-state index contributed by atoms with van der Waals surface area (Å²) in [6.07, 6.45) is 5.79. The summed E-state index contributed by atoms with van der Waals surface area (Å²) >= 11 is 0. The lowest BCUT2D eigenvalue weighted by molar-refractivity contribution is -0.118. The van der Waals surface area contributed by atoms with Crippen LogP contribution in [0.1, 0.15) is 18.4 Å². The summed E-state index contributed by atoms with van der Waals surface area (Å²) in [5.74, 6) is 0.631. The second-order valence-electron chi connectivity index (χ2n) is 5.72. The molecule has 3 fully saturated rings. The first-order valence-electron chi connectivity index (χ1n) is 7.28. The van der Waals surface area contributed by atoms with Gasteiger partial charge in [-0.05, 0) is 49.6 Å². The van der Waals surface area contributed by atoms with Crippen molar-refractivity contribution >= 4 is 17.7 Å². The number of nitrogens with zero attached hydrogens (tertiary/aromatic N) is 1. The van der Waals surface area contributed by atoms with E-state index in [1.807, 2.05) is 24.3 Å². The topological polar surface area (TPSA) is 58.4 Å². The van der Waals surface area contributed by atoms with Crippen LogP contribution in [-0.4, -0.2) is 36.5 Å². The van der Waals surface area contributed by atoms with Gasteiger partial charge in [0.2, 0.25) is 5.91 Å². The van der Waals surface area contributed by atoms with Crippen molar-refractivity contribution in [3.05, 3.63) is 35.9 Å². The van der Waals surface area contributed by atoms with E-state index in [0.717, 1.165) is 12.1 Å². The molecule has 20 heavy (non-hydrogen) atoms. The van der Waals surface area contributed by atoms with E-state index < -0.39 is 0 Å². The number of rotatable bonds is 3. The van der Waals surface area contributed by atoms with Crippen molar-refractivity contribution in [2.45, 2.75) is 18.9 Å². The van der Waals surface area contributed by atoms with Crippen LogP contribution in [0.15, 0.2) is 30.3 Å². The number of nitrogen functional groups attached to an aromatic ring is 1. The average molecular weight is 271 g/mol. The van der Waals surface area contributed by atoms with Gasteiger partial charge in [0, 0.05) is 24.4 Å². The van der Waals surface area contributed by atoms with E-state index in [2.05, 4.69) is 10.2 Å². The van der Waals surface area contributed by atoms with Crippen LogP contribution in [0.4, 0.5) is 5.69 Å². The molecule has 1 unspecified atom stereocenters. The molecule has 3 aliphatic heterocycles. The average Bonchev–Trinajstić information content (AvgIpc) is 2.48. The second kappa shape index (κ2) is 5.67. The third kappa shape index (κ3) is 2.85. The van der Waals surface area contributed by atoms with Crippen LogP contribution in [0, 0.1) is 5.92 Å². The number of fused-ring (bicyclic) bond motifs is 3. The number of nitrogens with two attached hydrogens (primary N) is 1. The van der Waals surface area contributed by atoms with Crippen molar-refractivity contribution in [3.8, 4) is 0 Å². The van der Waals surface area contributed by atoms with Gasteiger partial charge in [0.25, 0.3) is 0 Å². The zero-order valence-corrected chi connectivity index (χ0v) is 11.6. The van der Waals surface area contributed by atoms with E-state index in [1.165, 1.54) is 25.9 Å².